The number of benzene rings is 1. The van der Waals surface area contributed by atoms with Gasteiger partial charge in [0.25, 0.3) is 0 Å². The summed E-state index contributed by atoms with van der Waals surface area (Å²) in [4.78, 5) is 15.2. The lowest BCUT2D eigenvalue weighted by Gasteiger charge is -2.47. The third-order valence-electron chi connectivity index (χ3n) is 5.29. The lowest BCUT2D eigenvalue weighted by Crippen LogP contribution is -2.56. The standard InChI is InChI=1S/C18H25NO2/c1-14-6-4-7-15(12-14)18(9-5-10-18)17(21)19-11-3-2-8-16(19)13-20/h4,6-7,12,16,20H,2-3,5,8-11,13H2,1H3. The first-order valence-electron chi connectivity index (χ1n) is 8.16. The normalized spacial score (nSPS) is 24.5. The van der Waals surface area contributed by atoms with Crippen molar-refractivity contribution in [3.05, 3.63) is 35.4 Å². The van der Waals surface area contributed by atoms with Crippen LogP contribution in [0.25, 0.3) is 0 Å². The van der Waals surface area contributed by atoms with E-state index in [0.717, 1.165) is 45.1 Å². The van der Waals surface area contributed by atoms with Gasteiger partial charge in [-0.1, -0.05) is 36.2 Å². The number of amides is 1. The summed E-state index contributed by atoms with van der Waals surface area (Å²) >= 11 is 0. The maximum atomic E-state index is 13.2. The molecule has 0 spiro atoms. The van der Waals surface area contributed by atoms with Crippen LogP contribution in [0.5, 0.6) is 0 Å². The fraction of sp³-hybridized carbons (Fsp3) is 0.611. The van der Waals surface area contributed by atoms with Crippen molar-refractivity contribution in [2.24, 2.45) is 0 Å². The molecule has 1 aliphatic heterocycles. The third kappa shape index (κ3) is 2.48. The van der Waals surface area contributed by atoms with E-state index in [9.17, 15) is 9.90 Å². The van der Waals surface area contributed by atoms with Gasteiger partial charge in [-0.2, -0.15) is 0 Å². The van der Waals surface area contributed by atoms with Crippen LogP contribution in [0.3, 0.4) is 0 Å². The lowest BCUT2D eigenvalue weighted by molar-refractivity contribution is -0.145. The number of rotatable bonds is 3. The maximum Gasteiger partial charge on any atom is 0.233 e. The fourth-order valence-electron chi connectivity index (χ4n) is 3.83. The highest BCUT2D eigenvalue weighted by atomic mass is 16.3. The Balaban J connectivity index is 1.90. The zero-order valence-electron chi connectivity index (χ0n) is 12.8. The minimum Gasteiger partial charge on any atom is -0.394 e. The van der Waals surface area contributed by atoms with Gasteiger partial charge in [0.15, 0.2) is 0 Å². The van der Waals surface area contributed by atoms with Crippen LogP contribution in [0.1, 0.15) is 49.7 Å². The van der Waals surface area contributed by atoms with Gasteiger partial charge in [-0.3, -0.25) is 4.79 Å². The number of nitrogens with zero attached hydrogens (tertiary/aromatic N) is 1. The summed E-state index contributed by atoms with van der Waals surface area (Å²) in [7, 11) is 0. The molecule has 2 fully saturated rings. The van der Waals surface area contributed by atoms with Gasteiger partial charge in [0, 0.05) is 6.54 Å². The minimum absolute atomic E-state index is 0.0218. The van der Waals surface area contributed by atoms with E-state index in [0.29, 0.717) is 0 Å². The summed E-state index contributed by atoms with van der Waals surface area (Å²) in [6, 6.07) is 8.42. The van der Waals surface area contributed by atoms with E-state index in [4.69, 9.17) is 0 Å². The van der Waals surface area contributed by atoms with Crippen molar-refractivity contribution in [1.82, 2.24) is 4.90 Å². The van der Waals surface area contributed by atoms with Crippen molar-refractivity contribution in [2.75, 3.05) is 13.2 Å². The molecule has 1 heterocycles. The first kappa shape index (κ1) is 14.6. The highest BCUT2D eigenvalue weighted by molar-refractivity contribution is 5.89. The molecule has 1 N–H and O–H groups in total. The summed E-state index contributed by atoms with van der Waals surface area (Å²) in [6.45, 7) is 2.98. The molecule has 2 aliphatic rings. The third-order valence-corrected chi connectivity index (χ3v) is 5.29. The van der Waals surface area contributed by atoms with Crippen LogP contribution < -0.4 is 0 Å². The van der Waals surface area contributed by atoms with Crippen molar-refractivity contribution in [2.45, 2.75) is 56.9 Å². The zero-order chi connectivity index (χ0) is 14.9. The molecule has 3 heteroatoms. The van der Waals surface area contributed by atoms with Gasteiger partial charge in [-0.05, 0) is 44.6 Å². The molecule has 1 aromatic rings. The number of carbonyl (C=O) groups is 1. The number of carbonyl (C=O) groups excluding carboxylic acids is 1. The molecule has 0 radical (unpaired) electrons. The van der Waals surface area contributed by atoms with Gasteiger partial charge in [-0.15, -0.1) is 0 Å². The second kappa shape index (κ2) is 5.80. The molecule has 1 amide bonds. The Morgan fingerprint density at radius 2 is 2.14 bits per heavy atom. The molecular weight excluding hydrogens is 262 g/mol. The average molecular weight is 287 g/mol. The van der Waals surface area contributed by atoms with Crippen molar-refractivity contribution < 1.29 is 9.90 Å². The molecule has 0 aromatic heterocycles. The number of likely N-dealkylation sites (tertiary alicyclic amines) is 1. The molecular formula is C18H25NO2. The largest absolute Gasteiger partial charge is 0.394 e. The van der Waals surface area contributed by atoms with Crippen LogP contribution in [-0.2, 0) is 10.2 Å². The number of aliphatic hydroxyl groups is 1. The van der Waals surface area contributed by atoms with Crippen LogP contribution in [0.4, 0.5) is 0 Å². The monoisotopic (exact) mass is 287 g/mol. The summed E-state index contributed by atoms with van der Waals surface area (Å²) in [5.41, 5.74) is 2.06. The van der Waals surface area contributed by atoms with E-state index in [1.54, 1.807) is 0 Å². The van der Waals surface area contributed by atoms with E-state index in [1.807, 2.05) is 4.90 Å². The number of piperidine rings is 1. The zero-order valence-corrected chi connectivity index (χ0v) is 12.8. The van der Waals surface area contributed by atoms with Crippen molar-refractivity contribution in [3.63, 3.8) is 0 Å². The summed E-state index contributed by atoms with van der Waals surface area (Å²) in [5.74, 6) is 0.248. The number of hydrogen-bond acceptors (Lipinski definition) is 2. The van der Waals surface area contributed by atoms with Gasteiger partial charge in [-0.25, -0.2) is 0 Å². The van der Waals surface area contributed by atoms with Gasteiger partial charge < -0.3 is 10.0 Å². The van der Waals surface area contributed by atoms with E-state index >= 15 is 0 Å². The number of aryl methyl sites for hydroxylation is 1. The van der Waals surface area contributed by atoms with E-state index in [-0.39, 0.29) is 24.0 Å². The second-order valence-electron chi connectivity index (χ2n) is 6.64. The highest BCUT2D eigenvalue weighted by Crippen LogP contribution is 2.46. The Labute approximate surface area is 127 Å². The van der Waals surface area contributed by atoms with Crippen molar-refractivity contribution in [3.8, 4) is 0 Å². The Hall–Kier alpha value is -1.35. The fourth-order valence-corrected chi connectivity index (χ4v) is 3.83. The highest BCUT2D eigenvalue weighted by Gasteiger charge is 2.48. The van der Waals surface area contributed by atoms with E-state index in [2.05, 4.69) is 31.2 Å². The minimum atomic E-state index is -0.323. The molecule has 21 heavy (non-hydrogen) atoms. The summed E-state index contributed by atoms with van der Waals surface area (Å²) in [5, 5.41) is 9.59. The molecule has 0 bridgehead atoms. The van der Waals surface area contributed by atoms with Crippen LogP contribution in [0, 0.1) is 6.92 Å². The maximum absolute atomic E-state index is 13.2. The van der Waals surface area contributed by atoms with E-state index < -0.39 is 0 Å². The first-order valence-corrected chi connectivity index (χ1v) is 8.16. The van der Waals surface area contributed by atoms with Crippen LogP contribution >= 0.6 is 0 Å². The SMILES string of the molecule is Cc1cccc(C2(C(=O)N3CCCCC3CO)CCC2)c1. The van der Waals surface area contributed by atoms with Crippen LogP contribution in [-0.4, -0.2) is 35.1 Å². The smallest absolute Gasteiger partial charge is 0.233 e. The quantitative estimate of drug-likeness (QED) is 0.928. The van der Waals surface area contributed by atoms with Crippen LogP contribution in [0.2, 0.25) is 0 Å². The van der Waals surface area contributed by atoms with Crippen LogP contribution in [0.15, 0.2) is 24.3 Å². The average Bonchev–Trinajstić information content (AvgIpc) is 2.46. The number of hydrogen-bond donors (Lipinski definition) is 1. The summed E-state index contributed by atoms with van der Waals surface area (Å²) < 4.78 is 0. The molecule has 1 saturated heterocycles. The van der Waals surface area contributed by atoms with Gasteiger partial charge in [0.05, 0.1) is 18.1 Å². The Morgan fingerprint density at radius 3 is 2.76 bits per heavy atom. The van der Waals surface area contributed by atoms with Gasteiger partial charge in [0.2, 0.25) is 5.91 Å². The predicted molar refractivity (Wildman–Crippen MR) is 83.1 cm³/mol. The molecule has 1 aliphatic carbocycles. The molecule has 1 atom stereocenters. The first-order chi connectivity index (χ1) is 10.2. The predicted octanol–water partition coefficient (Wildman–Crippen LogP) is 2.79. The van der Waals surface area contributed by atoms with Crippen molar-refractivity contribution >= 4 is 5.91 Å². The van der Waals surface area contributed by atoms with Gasteiger partial charge in [0.1, 0.15) is 0 Å². The molecule has 3 nitrogen and oxygen atoms in total. The Kier molecular flexibility index (Phi) is 4.03. The summed E-state index contributed by atoms with van der Waals surface area (Å²) in [6.07, 6.45) is 6.13. The van der Waals surface area contributed by atoms with Gasteiger partial charge >= 0.3 is 0 Å². The number of aliphatic hydroxyl groups excluding tert-OH is 1. The molecule has 114 valence electrons. The van der Waals surface area contributed by atoms with Crippen molar-refractivity contribution in [1.29, 1.82) is 0 Å². The molecule has 1 aromatic carbocycles. The molecule has 3 rings (SSSR count). The second-order valence-corrected chi connectivity index (χ2v) is 6.64. The Bertz CT molecular complexity index is 522. The van der Waals surface area contributed by atoms with E-state index in [1.165, 1.54) is 11.1 Å². The lowest BCUT2D eigenvalue weighted by atomic mass is 9.63. The molecule has 1 saturated carbocycles. The molecule has 1 unspecified atom stereocenters. The topological polar surface area (TPSA) is 40.5 Å². The Morgan fingerprint density at radius 1 is 1.33 bits per heavy atom.